The third-order valence-corrected chi connectivity index (χ3v) is 6.37. The number of aromatic hydroxyl groups is 1. The second-order valence-electron chi connectivity index (χ2n) is 7.35. The van der Waals surface area contributed by atoms with E-state index in [9.17, 15) is 24.8 Å². The molecule has 9 heteroatoms. The van der Waals surface area contributed by atoms with E-state index in [4.69, 9.17) is 11.6 Å². The van der Waals surface area contributed by atoms with Gasteiger partial charge in [0.1, 0.15) is 5.75 Å². The highest BCUT2D eigenvalue weighted by Crippen LogP contribution is 2.35. The van der Waals surface area contributed by atoms with Crippen molar-refractivity contribution in [1.29, 1.82) is 0 Å². The molecular weight excluding hydrogens is 464 g/mol. The zero-order chi connectivity index (χ0) is 23.5. The van der Waals surface area contributed by atoms with Crippen LogP contribution in [0.1, 0.15) is 22.3 Å². The van der Waals surface area contributed by atoms with Crippen LogP contribution in [0, 0.1) is 10.1 Å². The maximum Gasteiger partial charge on any atom is 0.293 e. The first-order chi connectivity index (χ1) is 15.8. The summed E-state index contributed by atoms with van der Waals surface area (Å²) in [5, 5.41) is 21.3. The van der Waals surface area contributed by atoms with Crippen molar-refractivity contribution in [3.8, 4) is 5.75 Å². The van der Waals surface area contributed by atoms with Crippen molar-refractivity contribution in [3.05, 3.63) is 109 Å². The van der Waals surface area contributed by atoms with Crippen molar-refractivity contribution in [2.45, 2.75) is 13.0 Å². The number of rotatable bonds is 6. The van der Waals surface area contributed by atoms with Crippen LogP contribution in [0.25, 0.3) is 6.08 Å². The Hall–Kier alpha value is -3.62. The van der Waals surface area contributed by atoms with Crippen molar-refractivity contribution in [2.75, 3.05) is 0 Å². The Balaban J connectivity index is 1.54. The van der Waals surface area contributed by atoms with Crippen molar-refractivity contribution >= 4 is 46.3 Å². The lowest BCUT2D eigenvalue weighted by Crippen LogP contribution is -2.27. The summed E-state index contributed by atoms with van der Waals surface area (Å²) in [5.74, 6) is -0.501. The molecule has 1 saturated heterocycles. The highest BCUT2D eigenvalue weighted by molar-refractivity contribution is 8.18. The van der Waals surface area contributed by atoms with Gasteiger partial charge in [0.15, 0.2) is 0 Å². The van der Waals surface area contributed by atoms with E-state index in [0.29, 0.717) is 22.6 Å². The summed E-state index contributed by atoms with van der Waals surface area (Å²) in [6, 6.07) is 18.2. The number of thioether (sulfide) groups is 1. The number of hydrogen-bond donors (Lipinski definition) is 1. The average Bonchev–Trinajstić information content (AvgIpc) is 3.05. The topological polar surface area (TPSA) is 101 Å². The first kappa shape index (κ1) is 22.6. The molecule has 1 fully saturated rings. The summed E-state index contributed by atoms with van der Waals surface area (Å²) in [6.07, 6.45) is 2.04. The normalized spacial score (nSPS) is 14.8. The predicted molar refractivity (Wildman–Crippen MR) is 127 cm³/mol. The molecule has 0 aliphatic carbocycles. The van der Waals surface area contributed by atoms with Gasteiger partial charge in [0.2, 0.25) is 0 Å². The molecule has 0 atom stereocenters. The number of hydrogen-bond acceptors (Lipinski definition) is 6. The van der Waals surface area contributed by atoms with Gasteiger partial charge in [0, 0.05) is 22.7 Å². The molecule has 0 unspecified atom stereocenters. The standard InChI is InChI=1S/C24H17ClN2O5S/c25-20-4-2-1-3-17(20)11-16-7-10-21(28)18(12-16)13-22-23(29)26(24(30)33-22)14-15-5-8-19(9-6-15)27(31)32/h1-10,12-13,28H,11,14H2/b22-13-. The number of nitrogens with zero attached hydrogens (tertiary/aromatic N) is 2. The van der Waals surface area contributed by atoms with Crippen LogP contribution in [0.5, 0.6) is 5.75 Å². The van der Waals surface area contributed by atoms with Crippen molar-refractivity contribution in [3.63, 3.8) is 0 Å². The minimum absolute atomic E-state index is 0.00146. The highest BCUT2D eigenvalue weighted by Gasteiger charge is 2.35. The fraction of sp³-hybridized carbons (Fsp3) is 0.0833. The van der Waals surface area contributed by atoms with Gasteiger partial charge in [0.25, 0.3) is 16.8 Å². The zero-order valence-corrected chi connectivity index (χ0v) is 18.7. The van der Waals surface area contributed by atoms with Gasteiger partial charge in [-0.3, -0.25) is 24.6 Å². The van der Waals surface area contributed by atoms with E-state index in [-0.39, 0.29) is 22.9 Å². The lowest BCUT2D eigenvalue weighted by molar-refractivity contribution is -0.384. The third kappa shape index (κ3) is 5.08. The molecule has 1 heterocycles. The summed E-state index contributed by atoms with van der Waals surface area (Å²) in [6.45, 7) is -0.00146. The van der Waals surface area contributed by atoms with Gasteiger partial charge >= 0.3 is 0 Å². The molecule has 33 heavy (non-hydrogen) atoms. The van der Waals surface area contributed by atoms with Crippen LogP contribution in [0.4, 0.5) is 10.5 Å². The van der Waals surface area contributed by atoms with Gasteiger partial charge in [0.05, 0.1) is 16.4 Å². The number of non-ortho nitro benzene ring substituents is 1. The monoisotopic (exact) mass is 480 g/mol. The van der Waals surface area contributed by atoms with Gasteiger partial charge in [-0.2, -0.15) is 0 Å². The van der Waals surface area contributed by atoms with E-state index >= 15 is 0 Å². The number of carbonyl (C=O) groups is 2. The Morgan fingerprint density at radius 2 is 1.73 bits per heavy atom. The quantitative estimate of drug-likeness (QED) is 0.272. The minimum atomic E-state index is -0.515. The zero-order valence-electron chi connectivity index (χ0n) is 17.1. The van der Waals surface area contributed by atoms with Crippen LogP contribution >= 0.6 is 23.4 Å². The van der Waals surface area contributed by atoms with Crippen LogP contribution < -0.4 is 0 Å². The number of nitro benzene ring substituents is 1. The van der Waals surface area contributed by atoms with E-state index < -0.39 is 16.1 Å². The van der Waals surface area contributed by atoms with Crippen molar-refractivity contribution < 1.29 is 19.6 Å². The van der Waals surface area contributed by atoms with Crippen LogP contribution in [-0.4, -0.2) is 26.1 Å². The fourth-order valence-corrected chi connectivity index (χ4v) is 4.41. The number of carbonyl (C=O) groups excluding carboxylic acids is 2. The number of phenols is 1. The van der Waals surface area contributed by atoms with Crippen LogP contribution in [0.3, 0.4) is 0 Å². The SMILES string of the molecule is O=C1S/C(=C\c2cc(Cc3ccccc3Cl)ccc2O)C(=O)N1Cc1ccc([N+](=O)[O-])cc1. The van der Waals surface area contributed by atoms with Gasteiger partial charge < -0.3 is 5.11 Å². The number of phenolic OH excluding ortho intramolecular Hbond substituents is 1. The van der Waals surface area contributed by atoms with E-state index in [1.165, 1.54) is 30.3 Å². The third-order valence-electron chi connectivity index (χ3n) is 5.09. The summed E-state index contributed by atoms with van der Waals surface area (Å²) >= 11 is 7.02. The van der Waals surface area contributed by atoms with Crippen molar-refractivity contribution in [2.24, 2.45) is 0 Å². The lowest BCUT2D eigenvalue weighted by Gasteiger charge is -2.12. The number of nitro groups is 1. The first-order valence-corrected chi connectivity index (χ1v) is 11.1. The fourth-order valence-electron chi connectivity index (χ4n) is 3.37. The number of halogens is 1. The Labute approximate surface area is 198 Å². The molecule has 4 rings (SSSR count). The van der Waals surface area contributed by atoms with Crippen LogP contribution in [0.2, 0.25) is 5.02 Å². The van der Waals surface area contributed by atoms with Crippen LogP contribution in [-0.2, 0) is 17.8 Å². The first-order valence-electron chi connectivity index (χ1n) is 9.86. The number of imide groups is 1. The minimum Gasteiger partial charge on any atom is -0.507 e. The Morgan fingerprint density at radius 3 is 2.42 bits per heavy atom. The van der Waals surface area contributed by atoms with E-state index in [2.05, 4.69) is 0 Å². The molecule has 3 aromatic carbocycles. The van der Waals surface area contributed by atoms with E-state index in [0.717, 1.165) is 27.8 Å². The maximum atomic E-state index is 12.8. The molecule has 0 aromatic heterocycles. The van der Waals surface area contributed by atoms with Crippen LogP contribution in [0.15, 0.2) is 71.6 Å². The molecule has 1 N–H and O–H groups in total. The molecule has 1 aliphatic heterocycles. The predicted octanol–water partition coefficient (Wildman–Crippen LogP) is 5.78. The molecule has 166 valence electrons. The Kier molecular flexibility index (Phi) is 6.48. The second kappa shape index (κ2) is 9.48. The maximum absolute atomic E-state index is 12.8. The van der Waals surface area contributed by atoms with E-state index in [1.807, 2.05) is 18.2 Å². The number of amides is 2. The summed E-state index contributed by atoms with van der Waals surface area (Å²) in [5.41, 5.74) is 2.76. The Bertz CT molecular complexity index is 1290. The smallest absolute Gasteiger partial charge is 0.293 e. The molecular formula is C24H17ClN2O5S. The molecule has 2 amide bonds. The molecule has 7 nitrogen and oxygen atoms in total. The van der Waals surface area contributed by atoms with Crippen molar-refractivity contribution in [1.82, 2.24) is 4.90 Å². The summed E-state index contributed by atoms with van der Waals surface area (Å²) < 4.78 is 0. The molecule has 0 bridgehead atoms. The number of benzene rings is 3. The molecule has 0 spiro atoms. The highest BCUT2D eigenvalue weighted by atomic mass is 35.5. The van der Waals surface area contributed by atoms with E-state index in [1.54, 1.807) is 24.3 Å². The summed E-state index contributed by atoms with van der Waals surface area (Å²) in [7, 11) is 0. The lowest BCUT2D eigenvalue weighted by atomic mass is 10.0. The Morgan fingerprint density at radius 1 is 1.03 bits per heavy atom. The van der Waals surface area contributed by atoms with Gasteiger partial charge in [-0.15, -0.1) is 0 Å². The molecule has 3 aromatic rings. The average molecular weight is 481 g/mol. The molecule has 1 aliphatic rings. The van der Waals surface area contributed by atoms with Gasteiger partial charge in [-0.1, -0.05) is 48.0 Å². The second-order valence-corrected chi connectivity index (χ2v) is 8.75. The van der Waals surface area contributed by atoms with Gasteiger partial charge in [-0.05, 0) is 59.1 Å². The summed E-state index contributed by atoms with van der Waals surface area (Å²) in [4.78, 5) is 36.8. The molecule has 0 radical (unpaired) electrons. The largest absolute Gasteiger partial charge is 0.507 e. The van der Waals surface area contributed by atoms with Gasteiger partial charge in [-0.25, -0.2) is 0 Å². The molecule has 0 saturated carbocycles.